The molecule has 0 spiro atoms. The highest BCUT2D eigenvalue weighted by atomic mass is 35.5. The minimum Gasteiger partial charge on any atom is -0.348 e. The van der Waals surface area contributed by atoms with Crippen LogP contribution in [0.15, 0.2) is 30.6 Å². The number of amides is 1. The summed E-state index contributed by atoms with van der Waals surface area (Å²) in [6, 6.07) is 6.55. The summed E-state index contributed by atoms with van der Waals surface area (Å²) >= 11 is 12.3. The first kappa shape index (κ1) is 22.2. The number of imidazole rings is 1. The predicted octanol–water partition coefficient (Wildman–Crippen LogP) is 3.99. The van der Waals surface area contributed by atoms with Crippen molar-refractivity contribution in [1.29, 1.82) is 0 Å². The van der Waals surface area contributed by atoms with Gasteiger partial charge in [-0.25, -0.2) is 4.98 Å². The van der Waals surface area contributed by atoms with E-state index in [-0.39, 0.29) is 11.9 Å². The van der Waals surface area contributed by atoms with Crippen molar-refractivity contribution in [3.8, 4) is 0 Å². The summed E-state index contributed by atoms with van der Waals surface area (Å²) in [4.78, 5) is 28.7. The average molecular weight is 476 g/mol. The number of fused-ring (bicyclic) bond motifs is 1. The number of carbonyl (C=O) groups excluding carboxylic acids is 1. The third kappa shape index (κ3) is 4.56. The molecule has 1 amide bonds. The first-order valence-corrected chi connectivity index (χ1v) is 12.6. The van der Waals surface area contributed by atoms with Crippen LogP contribution in [-0.2, 0) is 17.8 Å². The highest BCUT2D eigenvalue weighted by molar-refractivity contribution is 6.42. The van der Waals surface area contributed by atoms with Crippen LogP contribution >= 0.6 is 23.2 Å². The summed E-state index contributed by atoms with van der Waals surface area (Å²) in [7, 11) is 0. The van der Waals surface area contributed by atoms with Crippen LogP contribution in [-0.4, -0.2) is 74.9 Å². The number of aromatic amines is 1. The summed E-state index contributed by atoms with van der Waals surface area (Å²) in [5, 5.41) is 1.03. The van der Waals surface area contributed by atoms with Gasteiger partial charge in [-0.1, -0.05) is 35.7 Å². The maximum atomic E-state index is 13.6. The minimum atomic E-state index is 0.196. The van der Waals surface area contributed by atoms with Gasteiger partial charge in [-0.15, -0.1) is 0 Å². The molecule has 3 heterocycles. The van der Waals surface area contributed by atoms with E-state index in [1.807, 2.05) is 24.5 Å². The van der Waals surface area contributed by atoms with Crippen molar-refractivity contribution in [2.45, 2.75) is 63.2 Å². The molecule has 5 rings (SSSR count). The van der Waals surface area contributed by atoms with E-state index in [1.54, 1.807) is 6.07 Å². The number of H-pyrrole nitrogens is 1. The zero-order valence-electron chi connectivity index (χ0n) is 18.4. The molecular weight excluding hydrogens is 445 g/mol. The number of rotatable bonds is 5. The fourth-order valence-corrected chi connectivity index (χ4v) is 6.28. The maximum Gasteiger partial charge on any atom is 0.227 e. The molecule has 1 N–H and O–H groups in total. The number of benzene rings is 1. The zero-order valence-corrected chi connectivity index (χ0v) is 19.9. The summed E-state index contributed by atoms with van der Waals surface area (Å²) in [6.07, 6.45) is 10.1. The first-order valence-electron chi connectivity index (χ1n) is 11.8. The number of hydrogen-bond acceptors (Lipinski definition) is 4. The fourth-order valence-electron chi connectivity index (χ4n) is 5.96. The molecule has 2 saturated heterocycles. The predicted molar refractivity (Wildman–Crippen MR) is 127 cm³/mol. The quantitative estimate of drug-likeness (QED) is 0.709. The number of aromatic nitrogens is 2. The van der Waals surface area contributed by atoms with E-state index >= 15 is 0 Å². The molecule has 32 heavy (non-hydrogen) atoms. The van der Waals surface area contributed by atoms with Gasteiger partial charge >= 0.3 is 0 Å². The summed E-state index contributed by atoms with van der Waals surface area (Å²) in [6.45, 7) is 4.76. The second kappa shape index (κ2) is 9.72. The normalized spacial score (nSPS) is 26.9. The van der Waals surface area contributed by atoms with Crippen LogP contribution in [0, 0.1) is 0 Å². The summed E-state index contributed by atoms with van der Waals surface area (Å²) in [5.74, 6) is 1.20. The Morgan fingerprint density at radius 3 is 2.59 bits per heavy atom. The number of carbonyl (C=O) groups is 1. The Bertz CT molecular complexity index is 930. The van der Waals surface area contributed by atoms with Crippen LogP contribution in [0.3, 0.4) is 0 Å². The van der Waals surface area contributed by atoms with Gasteiger partial charge in [-0.2, -0.15) is 0 Å². The Labute approximate surface area is 199 Å². The number of halogens is 2. The standard InChI is InChI=1S/C24H31Cl2N5O/c25-18-7-6-17(14-19(18)26)15-23(32)31-13-12-30(16-22-27-8-9-28-22)21-5-3-4-20(24(21)31)29-10-1-2-11-29/h6-9,14,20-21,24H,1-5,10-13,15-16H2,(H,27,28)/t20-,21-,24+/m1/s1. The highest BCUT2D eigenvalue weighted by Gasteiger charge is 2.47. The van der Waals surface area contributed by atoms with Crippen molar-refractivity contribution in [3.05, 3.63) is 52.0 Å². The molecule has 2 aromatic rings. The highest BCUT2D eigenvalue weighted by Crippen LogP contribution is 2.36. The van der Waals surface area contributed by atoms with Crippen molar-refractivity contribution in [2.75, 3.05) is 26.2 Å². The molecule has 3 atom stereocenters. The third-order valence-electron chi connectivity index (χ3n) is 7.42. The van der Waals surface area contributed by atoms with Gasteiger partial charge in [-0.05, 0) is 56.5 Å². The van der Waals surface area contributed by atoms with Gasteiger partial charge < -0.3 is 9.88 Å². The van der Waals surface area contributed by atoms with Gasteiger partial charge in [0.25, 0.3) is 0 Å². The van der Waals surface area contributed by atoms with Crippen LogP contribution in [0.2, 0.25) is 10.0 Å². The van der Waals surface area contributed by atoms with Crippen molar-refractivity contribution < 1.29 is 4.79 Å². The summed E-state index contributed by atoms with van der Waals surface area (Å²) in [5.41, 5.74) is 0.924. The van der Waals surface area contributed by atoms with Crippen molar-refractivity contribution in [2.24, 2.45) is 0 Å². The van der Waals surface area contributed by atoms with Crippen LogP contribution in [0.4, 0.5) is 0 Å². The monoisotopic (exact) mass is 475 g/mol. The average Bonchev–Trinajstić information content (AvgIpc) is 3.50. The molecule has 3 fully saturated rings. The molecule has 0 bridgehead atoms. The smallest absolute Gasteiger partial charge is 0.227 e. The van der Waals surface area contributed by atoms with Gasteiger partial charge in [0.15, 0.2) is 0 Å². The van der Waals surface area contributed by atoms with E-state index < -0.39 is 0 Å². The molecule has 2 aliphatic heterocycles. The molecular formula is C24H31Cl2N5O. The SMILES string of the molecule is O=C(Cc1ccc(Cl)c(Cl)c1)N1CCN(Cc2ncc[nH]2)[C@@H]2CCC[C@@H](N3CCCC3)[C@@H]21. The van der Waals surface area contributed by atoms with Crippen molar-refractivity contribution in [3.63, 3.8) is 0 Å². The molecule has 1 saturated carbocycles. The van der Waals surface area contributed by atoms with E-state index in [0.29, 0.717) is 28.5 Å². The van der Waals surface area contributed by atoms with Crippen LogP contribution in [0.1, 0.15) is 43.5 Å². The lowest BCUT2D eigenvalue weighted by molar-refractivity contribution is -0.143. The number of nitrogens with one attached hydrogen (secondary N) is 1. The summed E-state index contributed by atoms with van der Waals surface area (Å²) < 4.78 is 0. The lowest BCUT2D eigenvalue weighted by Crippen LogP contribution is -2.68. The molecule has 1 aromatic carbocycles. The fraction of sp³-hybridized carbons (Fsp3) is 0.583. The molecule has 172 valence electrons. The van der Waals surface area contributed by atoms with Gasteiger partial charge in [-0.3, -0.25) is 14.6 Å². The molecule has 8 heteroatoms. The van der Waals surface area contributed by atoms with E-state index in [2.05, 4.69) is 24.7 Å². The maximum absolute atomic E-state index is 13.6. The van der Waals surface area contributed by atoms with Gasteiger partial charge in [0.2, 0.25) is 5.91 Å². The Morgan fingerprint density at radius 1 is 1.03 bits per heavy atom. The van der Waals surface area contributed by atoms with E-state index in [1.165, 1.54) is 25.7 Å². The Morgan fingerprint density at radius 2 is 1.84 bits per heavy atom. The minimum absolute atomic E-state index is 0.196. The molecule has 0 unspecified atom stereocenters. The van der Waals surface area contributed by atoms with Gasteiger partial charge in [0, 0.05) is 37.6 Å². The van der Waals surface area contributed by atoms with E-state index in [4.69, 9.17) is 23.2 Å². The molecule has 6 nitrogen and oxygen atoms in total. The first-order chi connectivity index (χ1) is 15.6. The van der Waals surface area contributed by atoms with Gasteiger partial charge in [0.05, 0.1) is 29.1 Å². The largest absolute Gasteiger partial charge is 0.348 e. The van der Waals surface area contributed by atoms with Crippen molar-refractivity contribution >= 4 is 29.1 Å². The Balaban J connectivity index is 1.39. The molecule has 1 aliphatic carbocycles. The zero-order chi connectivity index (χ0) is 22.1. The molecule has 3 aliphatic rings. The Hall–Kier alpha value is -1.60. The van der Waals surface area contributed by atoms with E-state index in [9.17, 15) is 4.79 Å². The number of nitrogens with zero attached hydrogens (tertiary/aromatic N) is 4. The second-order valence-electron chi connectivity index (χ2n) is 9.32. The van der Waals surface area contributed by atoms with Crippen LogP contribution in [0.5, 0.6) is 0 Å². The van der Waals surface area contributed by atoms with Gasteiger partial charge in [0.1, 0.15) is 5.82 Å². The topological polar surface area (TPSA) is 55.5 Å². The van der Waals surface area contributed by atoms with Crippen LogP contribution in [0.25, 0.3) is 0 Å². The van der Waals surface area contributed by atoms with Crippen molar-refractivity contribution in [1.82, 2.24) is 24.7 Å². The van der Waals surface area contributed by atoms with E-state index in [0.717, 1.165) is 50.5 Å². The third-order valence-corrected chi connectivity index (χ3v) is 8.16. The number of hydrogen-bond donors (Lipinski definition) is 1. The Kier molecular flexibility index (Phi) is 6.74. The second-order valence-corrected chi connectivity index (χ2v) is 10.1. The molecule has 1 aromatic heterocycles. The lowest BCUT2D eigenvalue weighted by Gasteiger charge is -2.54. The lowest BCUT2D eigenvalue weighted by atomic mass is 9.81. The number of piperazine rings is 1. The van der Waals surface area contributed by atoms with Crippen LogP contribution < -0.4 is 0 Å². The molecule has 0 radical (unpaired) electrons. The number of likely N-dealkylation sites (tertiary alicyclic amines) is 1.